The highest BCUT2D eigenvalue weighted by atomic mass is 16.7. The first-order valence-corrected chi connectivity index (χ1v) is 5.04. The second kappa shape index (κ2) is 6.52. The van der Waals surface area contributed by atoms with Crippen LogP contribution in [0.5, 0.6) is 11.5 Å². The van der Waals surface area contributed by atoms with Crippen molar-refractivity contribution in [3.8, 4) is 11.5 Å². The molecule has 2 rings (SSSR count). The molecule has 0 amide bonds. The van der Waals surface area contributed by atoms with Crippen LogP contribution < -0.4 is 9.47 Å². The Hall–Kier alpha value is -2.04. The summed E-state index contributed by atoms with van der Waals surface area (Å²) in [6.07, 6.45) is 1.04. The Bertz CT molecular complexity index is 388. The summed E-state index contributed by atoms with van der Waals surface area (Å²) >= 11 is 0. The molecule has 5 nitrogen and oxygen atoms in total. The van der Waals surface area contributed by atoms with E-state index in [1.165, 1.54) is 7.11 Å². The van der Waals surface area contributed by atoms with Crippen molar-refractivity contribution in [3.63, 3.8) is 0 Å². The number of esters is 1. The topological polar surface area (TPSA) is 61.8 Å². The summed E-state index contributed by atoms with van der Waals surface area (Å²) in [4.78, 5) is 18.9. The van der Waals surface area contributed by atoms with Crippen LogP contribution in [0.25, 0.3) is 0 Å². The minimum Gasteiger partial charge on any atom is -0.469 e. The minimum absolute atomic E-state index is 0.201. The number of rotatable bonds is 3. The molecule has 1 aromatic rings. The summed E-state index contributed by atoms with van der Waals surface area (Å²) in [5.41, 5.74) is 1.05. The summed E-state index contributed by atoms with van der Waals surface area (Å²) in [5.74, 6) is 1.31. The van der Waals surface area contributed by atoms with Crippen molar-refractivity contribution < 1.29 is 23.8 Å². The molecule has 1 aliphatic rings. The standard InChI is InChI=1S/C11H12O4.CH2O/c1-13-11(12)5-3-8-2-4-9-10(6-8)15-7-14-9;1-2/h2,4,6H,3,5,7H2,1H3;1H2. The number of ether oxygens (including phenoxy) is 3. The molecule has 1 heterocycles. The minimum atomic E-state index is -0.201. The molecule has 0 bridgehead atoms. The van der Waals surface area contributed by atoms with E-state index >= 15 is 0 Å². The Balaban J connectivity index is 0.000000686. The first-order valence-electron chi connectivity index (χ1n) is 5.04. The maximum atomic E-state index is 10.9. The zero-order valence-electron chi connectivity index (χ0n) is 9.60. The van der Waals surface area contributed by atoms with Crippen LogP contribution in [0, 0.1) is 0 Å². The second-order valence-electron chi connectivity index (χ2n) is 3.26. The van der Waals surface area contributed by atoms with Crippen molar-refractivity contribution in [2.75, 3.05) is 13.9 Å². The molecule has 0 saturated carbocycles. The van der Waals surface area contributed by atoms with Gasteiger partial charge in [-0.2, -0.15) is 0 Å². The van der Waals surface area contributed by atoms with Crippen molar-refractivity contribution >= 4 is 12.8 Å². The Morgan fingerprint density at radius 3 is 2.76 bits per heavy atom. The molecule has 92 valence electrons. The van der Waals surface area contributed by atoms with Gasteiger partial charge in [-0.1, -0.05) is 6.07 Å². The highest BCUT2D eigenvalue weighted by Gasteiger charge is 2.13. The number of methoxy groups -OCH3 is 1. The Morgan fingerprint density at radius 2 is 2.06 bits per heavy atom. The van der Waals surface area contributed by atoms with Crippen LogP contribution in [0.3, 0.4) is 0 Å². The summed E-state index contributed by atoms with van der Waals surface area (Å²) in [6, 6.07) is 5.68. The number of hydrogen-bond donors (Lipinski definition) is 0. The normalized spacial score (nSPS) is 11.4. The van der Waals surface area contributed by atoms with E-state index < -0.39 is 0 Å². The molecule has 1 aromatic carbocycles. The van der Waals surface area contributed by atoms with E-state index in [-0.39, 0.29) is 12.8 Å². The summed E-state index contributed by atoms with van der Waals surface area (Å²) in [6.45, 7) is 2.27. The largest absolute Gasteiger partial charge is 0.469 e. The van der Waals surface area contributed by atoms with Crippen LogP contribution in [-0.2, 0) is 20.7 Å². The van der Waals surface area contributed by atoms with Crippen LogP contribution in [0.4, 0.5) is 0 Å². The van der Waals surface area contributed by atoms with Crippen molar-refractivity contribution in [1.82, 2.24) is 0 Å². The van der Waals surface area contributed by atoms with Gasteiger partial charge in [0.2, 0.25) is 6.79 Å². The molecule has 0 unspecified atom stereocenters. The van der Waals surface area contributed by atoms with E-state index in [4.69, 9.17) is 14.3 Å². The van der Waals surface area contributed by atoms with Crippen molar-refractivity contribution in [1.29, 1.82) is 0 Å². The van der Waals surface area contributed by atoms with Crippen molar-refractivity contribution in [2.24, 2.45) is 0 Å². The second-order valence-corrected chi connectivity index (χ2v) is 3.26. The lowest BCUT2D eigenvalue weighted by Gasteiger charge is -2.02. The lowest BCUT2D eigenvalue weighted by atomic mass is 10.1. The fourth-order valence-electron chi connectivity index (χ4n) is 1.44. The average molecular weight is 238 g/mol. The number of carbonyl (C=O) groups excluding carboxylic acids is 2. The van der Waals surface area contributed by atoms with Gasteiger partial charge in [-0.3, -0.25) is 4.79 Å². The predicted octanol–water partition coefficient (Wildman–Crippen LogP) is 1.34. The van der Waals surface area contributed by atoms with Gasteiger partial charge in [-0.15, -0.1) is 0 Å². The highest BCUT2D eigenvalue weighted by Crippen LogP contribution is 2.32. The SMILES string of the molecule is C=O.COC(=O)CCc1ccc2c(c1)OCO2. The van der Waals surface area contributed by atoms with Gasteiger partial charge in [0, 0.05) is 6.42 Å². The van der Waals surface area contributed by atoms with Gasteiger partial charge in [0.25, 0.3) is 0 Å². The number of fused-ring (bicyclic) bond motifs is 1. The molecule has 17 heavy (non-hydrogen) atoms. The molecule has 0 aromatic heterocycles. The predicted molar refractivity (Wildman–Crippen MR) is 60.0 cm³/mol. The maximum absolute atomic E-state index is 10.9. The third-order valence-electron chi connectivity index (χ3n) is 2.28. The molecule has 0 N–H and O–H groups in total. The maximum Gasteiger partial charge on any atom is 0.305 e. The number of hydrogen-bond acceptors (Lipinski definition) is 5. The zero-order chi connectivity index (χ0) is 12.7. The van der Waals surface area contributed by atoms with Gasteiger partial charge in [-0.05, 0) is 24.1 Å². The fraction of sp³-hybridized carbons (Fsp3) is 0.333. The molecular formula is C12H14O5. The monoisotopic (exact) mass is 238 g/mol. The molecule has 0 fully saturated rings. The van der Waals surface area contributed by atoms with Gasteiger partial charge in [0.1, 0.15) is 6.79 Å². The van der Waals surface area contributed by atoms with Crippen molar-refractivity contribution in [2.45, 2.75) is 12.8 Å². The lowest BCUT2D eigenvalue weighted by Crippen LogP contribution is -2.01. The van der Waals surface area contributed by atoms with Crippen molar-refractivity contribution in [3.05, 3.63) is 23.8 Å². The van der Waals surface area contributed by atoms with Gasteiger partial charge >= 0.3 is 5.97 Å². The van der Waals surface area contributed by atoms with Gasteiger partial charge < -0.3 is 19.0 Å². The summed E-state index contributed by atoms with van der Waals surface area (Å²) in [5, 5.41) is 0. The molecule has 5 heteroatoms. The average Bonchev–Trinajstić information content (AvgIpc) is 2.85. The van der Waals surface area contributed by atoms with E-state index in [0.717, 1.165) is 17.1 Å². The molecule has 1 aliphatic heterocycles. The third-order valence-corrected chi connectivity index (χ3v) is 2.28. The van der Waals surface area contributed by atoms with E-state index in [1.807, 2.05) is 25.0 Å². The summed E-state index contributed by atoms with van der Waals surface area (Å²) < 4.78 is 15.0. The molecular weight excluding hydrogens is 224 g/mol. The summed E-state index contributed by atoms with van der Waals surface area (Å²) in [7, 11) is 1.39. The molecule has 0 atom stereocenters. The molecule has 0 aliphatic carbocycles. The smallest absolute Gasteiger partial charge is 0.305 e. The lowest BCUT2D eigenvalue weighted by molar-refractivity contribution is -0.140. The number of carbonyl (C=O) groups is 2. The molecule has 0 radical (unpaired) electrons. The van der Waals surface area contributed by atoms with Crippen LogP contribution >= 0.6 is 0 Å². The fourth-order valence-corrected chi connectivity index (χ4v) is 1.44. The quantitative estimate of drug-likeness (QED) is 0.743. The van der Waals surface area contributed by atoms with Crippen LogP contribution in [0.15, 0.2) is 18.2 Å². The Labute approximate surface area is 99.3 Å². The number of benzene rings is 1. The van der Waals surface area contributed by atoms with E-state index in [1.54, 1.807) is 0 Å². The molecule has 0 spiro atoms. The van der Waals surface area contributed by atoms with Gasteiger partial charge in [0.05, 0.1) is 7.11 Å². The third kappa shape index (κ3) is 3.48. The number of aryl methyl sites for hydroxylation is 1. The van der Waals surface area contributed by atoms with Gasteiger partial charge in [-0.25, -0.2) is 0 Å². The highest BCUT2D eigenvalue weighted by molar-refractivity contribution is 5.69. The van der Waals surface area contributed by atoms with E-state index in [0.29, 0.717) is 12.8 Å². The first-order chi connectivity index (χ1) is 8.29. The Morgan fingerprint density at radius 1 is 1.35 bits per heavy atom. The molecule has 0 saturated heterocycles. The van der Waals surface area contributed by atoms with Crippen LogP contribution in [0.1, 0.15) is 12.0 Å². The Kier molecular flexibility index (Phi) is 5.00. The zero-order valence-corrected chi connectivity index (χ0v) is 9.60. The van der Waals surface area contributed by atoms with Crippen LogP contribution in [-0.4, -0.2) is 26.7 Å². The first kappa shape index (κ1) is 13.0. The van der Waals surface area contributed by atoms with E-state index in [2.05, 4.69) is 4.74 Å². The van der Waals surface area contributed by atoms with Crippen LogP contribution in [0.2, 0.25) is 0 Å². The van der Waals surface area contributed by atoms with Gasteiger partial charge in [0.15, 0.2) is 11.5 Å². The van der Waals surface area contributed by atoms with E-state index in [9.17, 15) is 4.79 Å².